The Morgan fingerprint density at radius 2 is 1.88 bits per heavy atom. The highest BCUT2D eigenvalue weighted by molar-refractivity contribution is 6.32. The van der Waals surface area contributed by atoms with Crippen LogP contribution in [-0.2, 0) is 6.54 Å². The average molecular weight is 374 g/mol. The van der Waals surface area contributed by atoms with Gasteiger partial charge in [-0.3, -0.25) is 0 Å². The number of carbonyl (C=O) groups is 1. The average Bonchev–Trinajstić information content (AvgIpc) is 3.17. The smallest absolute Gasteiger partial charge is 0.319 e. The number of carbonyl (C=O) groups excluding carboxylic acids is 1. The lowest BCUT2D eigenvalue weighted by Gasteiger charge is -2.17. The molecule has 5 nitrogen and oxygen atoms in total. The van der Waals surface area contributed by atoms with Gasteiger partial charge in [-0.2, -0.15) is 0 Å². The van der Waals surface area contributed by atoms with E-state index in [0.717, 1.165) is 18.7 Å². The zero-order chi connectivity index (χ0) is 18.4. The Labute approximate surface area is 159 Å². The first-order valence-corrected chi connectivity index (χ1v) is 9.34. The number of nitrogens with zero attached hydrogens (tertiary/aromatic N) is 1. The van der Waals surface area contributed by atoms with Crippen LogP contribution in [-0.4, -0.2) is 25.7 Å². The molecule has 3 rings (SSSR count). The molecule has 1 aliphatic rings. The van der Waals surface area contributed by atoms with Gasteiger partial charge in [0, 0.05) is 31.0 Å². The van der Waals surface area contributed by atoms with Gasteiger partial charge in [0.1, 0.15) is 5.75 Å². The molecule has 2 N–H and O–H groups in total. The fraction of sp³-hybridized carbons (Fsp3) is 0.350. The second kappa shape index (κ2) is 8.81. The van der Waals surface area contributed by atoms with Gasteiger partial charge in [-0.05, 0) is 55.7 Å². The zero-order valence-corrected chi connectivity index (χ0v) is 15.7. The summed E-state index contributed by atoms with van der Waals surface area (Å²) in [6.07, 6.45) is 2.53. The van der Waals surface area contributed by atoms with Crippen molar-refractivity contribution in [3.05, 3.63) is 53.1 Å². The number of hydrogen-bond acceptors (Lipinski definition) is 3. The quantitative estimate of drug-likeness (QED) is 0.774. The monoisotopic (exact) mass is 373 g/mol. The van der Waals surface area contributed by atoms with E-state index in [1.165, 1.54) is 18.5 Å². The number of benzene rings is 2. The summed E-state index contributed by atoms with van der Waals surface area (Å²) in [5, 5.41) is 6.11. The maximum atomic E-state index is 12.1. The van der Waals surface area contributed by atoms with E-state index in [9.17, 15) is 4.79 Å². The SMILES string of the molecule is CCOc1ccc(NC(=O)NCc2ccc(N3CCCC3)cc2)cc1Cl. The molecule has 2 aromatic carbocycles. The topological polar surface area (TPSA) is 53.6 Å². The summed E-state index contributed by atoms with van der Waals surface area (Å²) in [4.78, 5) is 14.5. The van der Waals surface area contributed by atoms with Crippen LogP contribution in [0.5, 0.6) is 5.75 Å². The number of amides is 2. The molecule has 0 atom stereocenters. The first-order chi connectivity index (χ1) is 12.7. The Kier molecular flexibility index (Phi) is 6.23. The van der Waals surface area contributed by atoms with Crippen molar-refractivity contribution < 1.29 is 9.53 Å². The molecule has 0 radical (unpaired) electrons. The number of halogens is 1. The van der Waals surface area contributed by atoms with Crippen LogP contribution in [0.1, 0.15) is 25.3 Å². The van der Waals surface area contributed by atoms with Crippen molar-refractivity contribution in [2.75, 3.05) is 29.9 Å². The summed E-state index contributed by atoms with van der Waals surface area (Å²) in [5.41, 5.74) is 2.94. The van der Waals surface area contributed by atoms with Crippen molar-refractivity contribution in [3.8, 4) is 5.75 Å². The molecular weight excluding hydrogens is 350 g/mol. The maximum absolute atomic E-state index is 12.1. The fourth-order valence-corrected chi connectivity index (χ4v) is 3.24. The van der Waals surface area contributed by atoms with Crippen LogP contribution < -0.4 is 20.3 Å². The van der Waals surface area contributed by atoms with E-state index in [2.05, 4.69) is 39.8 Å². The third kappa shape index (κ3) is 4.82. The van der Waals surface area contributed by atoms with Crippen LogP contribution in [0.3, 0.4) is 0 Å². The highest BCUT2D eigenvalue weighted by Gasteiger charge is 2.12. The first-order valence-electron chi connectivity index (χ1n) is 8.97. The van der Waals surface area contributed by atoms with Crippen LogP contribution in [0.2, 0.25) is 5.02 Å². The molecule has 26 heavy (non-hydrogen) atoms. The second-order valence-electron chi connectivity index (χ2n) is 6.25. The highest BCUT2D eigenvalue weighted by atomic mass is 35.5. The zero-order valence-electron chi connectivity index (χ0n) is 14.9. The molecule has 138 valence electrons. The number of anilines is 2. The standard InChI is InChI=1S/C20H24ClN3O2/c1-2-26-19-10-7-16(13-18(19)21)23-20(25)22-14-15-5-8-17(9-6-15)24-11-3-4-12-24/h5-10,13H,2-4,11-12,14H2,1H3,(H2,22,23,25). The van der Waals surface area contributed by atoms with Crippen LogP contribution in [0.25, 0.3) is 0 Å². The number of ether oxygens (including phenoxy) is 1. The molecule has 2 amide bonds. The van der Waals surface area contributed by atoms with Crippen molar-refractivity contribution in [1.82, 2.24) is 5.32 Å². The molecule has 0 spiro atoms. The van der Waals surface area contributed by atoms with E-state index in [-0.39, 0.29) is 6.03 Å². The van der Waals surface area contributed by atoms with Crippen LogP contribution >= 0.6 is 11.6 Å². The fourth-order valence-electron chi connectivity index (χ4n) is 3.01. The molecule has 1 aliphatic heterocycles. The summed E-state index contributed by atoms with van der Waals surface area (Å²) in [6.45, 7) is 5.17. The van der Waals surface area contributed by atoms with Gasteiger partial charge in [0.15, 0.2) is 0 Å². The molecule has 0 unspecified atom stereocenters. The maximum Gasteiger partial charge on any atom is 0.319 e. The van der Waals surface area contributed by atoms with Gasteiger partial charge in [-0.15, -0.1) is 0 Å². The third-order valence-electron chi connectivity index (χ3n) is 4.35. The van der Waals surface area contributed by atoms with Crippen LogP contribution in [0, 0.1) is 0 Å². The van der Waals surface area contributed by atoms with E-state index >= 15 is 0 Å². The van der Waals surface area contributed by atoms with Crippen molar-refractivity contribution in [2.24, 2.45) is 0 Å². The lowest BCUT2D eigenvalue weighted by Crippen LogP contribution is -2.28. The molecule has 1 heterocycles. The van der Waals surface area contributed by atoms with Crippen LogP contribution in [0.15, 0.2) is 42.5 Å². The lowest BCUT2D eigenvalue weighted by atomic mass is 10.2. The number of rotatable bonds is 6. The Morgan fingerprint density at radius 3 is 2.54 bits per heavy atom. The Bertz CT molecular complexity index is 743. The summed E-state index contributed by atoms with van der Waals surface area (Å²) in [7, 11) is 0. The minimum atomic E-state index is -0.270. The van der Waals surface area contributed by atoms with Crippen molar-refractivity contribution in [3.63, 3.8) is 0 Å². The molecule has 1 fully saturated rings. The first kappa shape index (κ1) is 18.4. The van der Waals surface area contributed by atoms with Gasteiger partial charge in [0.2, 0.25) is 0 Å². The number of nitrogens with one attached hydrogen (secondary N) is 2. The molecule has 0 aliphatic carbocycles. The Balaban J connectivity index is 1.50. The van der Waals surface area contributed by atoms with Crippen molar-refractivity contribution in [2.45, 2.75) is 26.3 Å². The largest absolute Gasteiger partial charge is 0.492 e. The van der Waals surface area contributed by atoms with Gasteiger partial charge in [-0.1, -0.05) is 23.7 Å². The van der Waals surface area contributed by atoms with Crippen molar-refractivity contribution in [1.29, 1.82) is 0 Å². The minimum Gasteiger partial charge on any atom is -0.492 e. The predicted octanol–water partition coefficient (Wildman–Crippen LogP) is 4.66. The molecule has 0 saturated carbocycles. The van der Waals surface area contributed by atoms with Gasteiger partial charge in [0.05, 0.1) is 11.6 Å². The lowest BCUT2D eigenvalue weighted by molar-refractivity contribution is 0.251. The van der Waals surface area contributed by atoms with E-state index < -0.39 is 0 Å². The Hall–Kier alpha value is -2.40. The Morgan fingerprint density at radius 1 is 1.15 bits per heavy atom. The predicted molar refractivity (Wildman–Crippen MR) is 106 cm³/mol. The van der Waals surface area contributed by atoms with Gasteiger partial charge >= 0.3 is 6.03 Å². The van der Waals surface area contributed by atoms with E-state index in [1.54, 1.807) is 18.2 Å². The van der Waals surface area contributed by atoms with Gasteiger partial charge in [-0.25, -0.2) is 4.79 Å². The van der Waals surface area contributed by atoms with E-state index in [0.29, 0.717) is 29.6 Å². The molecular formula is C20H24ClN3O2. The number of urea groups is 1. The summed E-state index contributed by atoms with van der Waals surface area (Å²) in [5.74, 6) is 0.609. The molecule has 2 aromatic rings. The minimum absolute atomic E-state index is 0.270. The second-order valence-corrected chi connectivity index (χ2v) is 6.65. The normalized spacial score (nSPS) is 13.5. The van der Waals surface area contributed by atoms with E-state index in [1.807, 2.05) is 6.92 Å². The third-order valence-corrected chi connectivity index (χ3v) is 4.65. The number of hydrogen-bond donors (Lipinski definition) is 2. The molecule has 0 bridgehead atoms. The van der Waals surface area contributed by atoms with Gasteiger partial charge in [0.25, 0.3) is 0 Å². The molecule has 0 aromatic heterocycles. The summed E-state index contributed by atoms with van der Waals surface area (Å²) < 4.78 is 5.38. The highest BCUT2D eigenvalue weighted by Crippen LogP contribution is 2.27. The molecule has 1 saturated heterocycles. The summed E-state index contributed by atoms with van der Waals surface area (Å²) >= 11 is 6.13. The van der Waals surface area contributed by atoms with E-state index in [4.69, 9.17) is 16.3 Å². The summed E-state index contributed by atoms with van der Waals surface area (Å²) in [6, 6.07) is 13.3. The van der Waals surface area contributed by atoms with Crippen molar-refractivity contribution >= 4 is 29.0 Å². The van der Waals surface area contributed by atoms with Gasteiger partial charge < -0.3 is 20.3 Å². The molecule has 6 heteroatoms. The van der Waals surface area contributed by atoms with Crippen LogP contribution in [0.4, 0.5) is 16.2 Å².